The Hall–Kier alpha value is -2.08. The predicted octanol–water partition coefficient (Wildman–Crippen LogP) is 18.9. The summed E-state index contributed by atoms with van der Waals surface area (Å²) in [5.74, 6) is 0. The molecule has 3 rings (SSSR count). The van der Waals surface area contributed by atoms with Gasteiger partial charge in [-0.1, -0.05) is 215 Å². The second-order valence-electron chi connectivity index (χ2n) is 16.7. The third-order valence-corrected chi connectivity index (χ3v) is 13.1. The Balaban J connectivity index is 0.00000210. The van der Waals surface area contributed by atoms with E-state index in [9.17, 15) is 5.53 Å². The van der Waals surface area contributed by atoms with E-state index in [1.54, 1.807) is 0 Å². The van der Waals surface area contributed by atoms with E-state index < -0.39 is 0 Å². The minimum absolute atomic E-state index is 0.923. The van der Waals surface area contributed by atoms with Crippen LogP contribution in [0.4, 0.5) is 0 Å². The van der Waals surface area contributed by atoms with E-state index in [-0.39, 0.29) is 0 Å². The topological polar surface area (TPSA) is 25.3 Å². The summed E-state index contributed by atoms with van der Waals surface area (Å²) in [5, 5.41) is 0. The molecule has 0 fully saturated rings. The van der Waals surface area contributed by atoms with Crippen LogP contribution in [-0.4, -0.2) is 4.70 Å². The van der Waals surface area contributed by atoms with Crippen LogP contribution in [0.3, 0.4) is 0 Å². The summed E-state index contributed by atoms with van der Waals surface area (Å²) in [7, 11) is 0. The summed E-state index contributed by atoms with van der Waals surface area (Å²) in [5.41, 5.74) is 20.8. The molecule has 57 heavy (non-hydrogen) atoms. The number of aryl methyl sites for hydroxylation is 2. The van der Waals surface area contributed by atoms with Gasteiger partial charge in [0.2, 0.25) is 11.4 Å². The summed E-state index contributed by atoms with van der Waals surface area (Å²) in [4.78, 5) is 2.79. The SMILES string of the molecule is CCCCCCCCCCCCCCCCCCCCCCCCC=CC1=C(c2ccc(C)cc2)[N+](=[N-])C(c2ccc(C)cc2)=C1CCCCCC.C[CH2][Pd][CH2]C. The van der Waals surface area contributed by atoms with Gasteiger partial charge in [-0.05, 0) is 63.8 Å². The van der Waals surface area contributed by atoms with Gasteiger partial charge in [0.1, 0.15) is 0 Å². The van der Waals surface area contributed by atoms with Crippen LogP contribution in [0.5, 0.6) is 0 Å². The predicted molar refractivity (Wildman–Crippen MR) is 251 cm³/mol. The number of allylic oxidation sites excluding steroid dienone is 4. The van der Waals surface area contributed by atoms with Gasteiger partial charge >= 0.3 is 41.6 Å². The molecule has 0 saturated heterocycles. The van der Waals surface area contributed by atoms with Crippen molar-refractivity contribution in [2.75, 3.05) is 0 Å². The fourth-order valence-electron chi connectivity index (χ4n) is 8.01. The number of unbranched alkanes of at least 4 members (excludes halogenated alkanes) is 25. The molecule has 1 heterocycles. The Labute approximate surface area is 362 Å². The molecule has 0 unspecified atom stereocenters. The molecule has 0 N–H and O–H groups in total. The number of hydrogen-bond acceptors (Lipinski definition) is 0. The molecular formula is C54H88N2Pd. The van der Waals surface area contributed by atoms with Crippen molar-refractivity contribution in [2.45, 2.75) is 231 Å². The fraction of sp³-hybridized carbons (Fsp3) is 0.667. The quantitative estimate of drug-likeness (QED) is 0.0388. The summed E-state index contributed by atoms with van der Waals surface area (Å²) < 4.78 is 1.49. The summed E-state index contributed by atoms with van der Waals surface area (Å²) in [6, 6.07) is 17.3. The summed E-state index contributed by atoms with van der Waals surface area (Å²) in [6.07, 6.45) is 42.9. The third kappa shape index (κ3) is 22.8. The number of benzene rings is 2. The zero-order valence-electron chi connectivity index (χ0n) is 38.2. The molecule has 0 amide bonds. The molecule has 0 saturated carbocycles. The second-order valence-corrected chi connectivity index (χ2v) is 19.6. The first-order chi connectivity index (χ1) is 28.0. The second kappa shape index (κ2) is 34.8. The molecule has 0 atom stereocenters. The Morgan fingerprint density at radius 3 is 1.18 bits per heavy atom. The van der Waals surface area contributed by atoms with Gasteiger partial charge in [0.15, 0.2) is 0 Å². The van der Waals surface area contributed by atoms with Crippen molar-refractivity contribution in [1.82, 2.24) is 0 Å². The van der Waals surface area contributed by atoms with Crippen LogP contribution in [-0.2, 0) is 18.0 Å². The summed E-state index contributed by atoms with van der Waals surface area (Å²) >= 11 is 1.04. The van der Waals surface area contributed by atoms with Crippen LogP contribution in [0.1, 0.15) is 230 Å². The molecule has 324 valence electrons. The van der Waals surface area contributed by atoms with Crippen LogP contribution < -0.4 is 0 Å². The molecule has 2 nitrogen and oxygen atoms in total. The average molecular weight is 872 g/mol. The molecule has 0 aromatic heterocycles. The van der Waals surface area contributed by atoms with E-state index in [1.165, 1.54) is 197 Å². The molecule has 2 aromatic rings. The normalized spacial score (nSPS) is 13.1. The molecule has 3 heteroatoms. The molecule has 2 aromatic carbocycles. The Morgan fingerprint density at radius 2 is 0.807 bits per heavy atom. The Morgan fingerprint density at radius 1 is 0.456 bits per heavy atom. The van der Waals surface area contributed by atoms with Gasteiger partial charge < -0.3 is 5.53 Å². The first kappa shape index (κ1) is 51.1. The van der Waals surface area contributed by atoms with E-state index in [2.05, 4.69) is 102 Å². The van der Waals surface area contributed by atoms with Crippen LogP contribution in [0.15, 0.2) is 71.8 Å². The zero-order chi connectivity index (χ0) is 41.2. The summed E-state index contributed by atoms with van der Waals surface area (Å²) in [6.45, 7) is 13.3. The monoisotopic (exact) mass is 871 g/mol. The molecule has 0 spiro atoms. The van der Waals surface area contributed by atoms with Gasteiger partial charge in [-0.15, -0.1) is 0 Å². The fourth-order valence-corrected chi connectivity index (χ4v) is 8.79. The van der Waals surface area contributed by atoms with Crippen molar-refractivity contribution < 1.29 is 22.7 Å². The van der Waals surface area contributed by atoms with Crippen molar-refractivity contribution in [2.24, 2.45) is 0 Å². The Kier molecular flexibility index (Phi) is 31.1. The van der Waals surface area contributed by atoms with Crippen LogP contribution in [0, 0.1) is 13.8 Å². The van der Waals surface area contributed by atoms with Crippen molar-refractivity contribution in [3.8, 4) is 0 Å². The maximum atomic E-state index is 11.8. The molecule has 0 radical (unpaired) electrons. The van der Waals surface area contributed by atoms with Crippen molar-refractivity contribution in [3.63, 3.8) is 0 Å². The van der Waals surface area contributed by atoms with Crippen LogP contribution in [0.2, 0.25) is 9.79 Å². The molecular weight excluding hydrogens is 783 g/mol. The molecule has 0 aliphatic carbocycles. The van der Waals surface area contributed by atoms with Crippen molar-refractivity contribution in [3.05, 3.63) is 99.6 Å². The van der Waals surface area contributed by atoms with Gasteiger partial charge in [-0.25, -0.2) is 4.70 Å². The van der Waals surface area contributed by atoms with Gasteiger partial charge in [-0.2, -0.15) is 0 Å². The number of hydrogen-bond donors (Lipinski definition) is 0. The van der Waals surface area contributed by atoms with Crippen molar-refractivity contribution in [1.29, 1.82) is 0 Å². The van der Waals surface area contributed by atoms with E-state index in [0.717, 1.165) is 59.8 Å². The van der Waals surface area contributed by atoms with Crippen molar-refractivity contribution >= 4 is 11.4 Å². The van der Waals surface area contributed by atoms with Gasteiger partial charge in [-0.3, -0.25) is 0 Å². The van der Waals surface area contributed by atoms with Crippen LogP contribution >= 0.6 is 0 Å². The molecule has 1 aliphatic rings. The third-order valence-electron chi connectivity index (χ3n) is 11.5. The average Bonchev–Trinajstić information content (AvgIpc) is 3.49. The van der Waals surface area contributed by atoms with Crippen LogP contribution in [0.25, 0.3) is 16.9 Å². The first-order valence-corrected chi connectivity index (χ1v) is 26.4. The number of nitrogens with zero attached hydrogens (tertiary/aromatic N) is 2. The van der Waals surface area contributed by atoms with E-state index in [0.29, 0.717) is 0 Å². The Bertz CT molecular complexity index is 1380. The minimum atomic E-state index is 0.923. The number of rotatable bonds is 33. The maximum absolute atomic E-state index is 11.8. The zero-order valence-corrected chi connectivity index (χ0v) is 39.8. The molecule has 1 aliphatic heterocycles. The van der Waals surface area contributed by atoms with Gasteiger partial charge in [0.05, 0.1) is 5.57 Å². The van der Waals surface area contributed by atoms with E-state index >= 15 is 0 Å². The molecule has 0 bridgehead atoms. The first-order valence-electron chi connectivity index (χ1n) is 24.2. The standard InChI is InChI=1S/C50H78N2.2C2H5.Pd/c1-5-7-9-11-12-13-14-15-16-17-18-19-20-21-22-23-24-25-26-27-28-29-30-32-34-48-47(33-31-10-8-6-2)49(45-39-35-43(3)36-40-45)52(51)50(48)46-41-37-44(4)38-42-46;2*1-2;/h32,34-42H,5-31,33H2,1-4H3;2*1H2,2H3;. The van der Waals surface area contributed by atoms with E-state index in [1.807, 2.05) is 0 Å². The van der Waals surface area contributed by atoms with Gasteiger partial charge in [0.25, 0.3) is 0 Å². The van der Waals surface area contributed by atoms with Gasteiger partial charge in [0, 0.05) is 16.7 Å². The van der Waals surface area contributed by atoms with E-state index in [4.69, 9.17) is 0 Å².